The first kappa shape index (κ1) is 13.6. The number of carbonyl (C=O) groups is 1. The summed E-state index contributed by atoms with van der Waals surface area (Å²) in [5.41, 5.74) is 1.61. The predicted octanol–water partition coefficient (Wildman–Crippen LogP) is 3.85. The maximum absolute atomic E-state index is 12.2. The van der Waals surface area contributed by atoms with Gasteiger partial charge in [0.1, 0.15) is 0 Å². The third-order valence-corrected chi connectivity index (χ3v) is 3.59. The minimum absolute atomic E-state index is 0.169. The number of carbonyl (C=O) groups excluding carboxylic acids is 1. The van der Waals surface area contributed by atoms with Crippen LogP contribution >= 0.6 is 11.6 Å². The summed E-state index contributed by atoms with van der Waals surface area (Å²) in [7, 11) is 0. The summed E-state index contributed by atoms with van der Waals surface area (Å²) in [5.74, 6) is -0.169. The molecule has 3 aromatic rings. The van der Waals surface area contributed by atoms with Gasteiger partial charge in [0.05, 0.1) is 11.2 Å². The van der Waals surface area contributed by atoms with Crippen LogP contribution in [0.25, 0.3) is 16.6 Å². The van der Waals surface area contributed by atoms with Gasteiger partial charge in [-0.1, -0.05) is 29.8 Å². The highest BCUT2D eigenvalue weighted by molar-refractivity contribution is 6.31. The van der Waals surface area contributed by atoms with E-state index >= 15 is 0 Å². The number of halogens is 1. The van der Waals surface area contributed by atoms with Gasteiger partial charge in [-0.15, -0.1) is 0 Å². The molecule has 0 aliphatic carbocycles. The minimum atomic E-state index is -0.181. The van der Waals surface area contributed by atoms with Crippen LogP contribution in [0, 0.1) is 0 Å². The van der Waals surface area contributed by atoms with Crippen molar-refractivity contribution in [3.05, 3.63) is 75.5 Å². The Kier molecular flexibility index (Phi) is 3.35. The van der Waals surface area contributed by atoms with Gasteiger partial charge in [-0.25, -0.2) is 0 Å². The third-order valence-electron chi connectivity index (χ3n) is 3.35. The van der Waals surface area contributed by atoms with E-state index in [9.17, 15) is 9.59 Å². The Hall–Kier alpha value is -2.39. The first-order valence-corrected chi connectivity index (χ1v) is 6.87. The second-order valence-electron chi connectivity index (χ2n) is 4.78. The zero-order valence-corrected chi connectivity index (χ0v) is 12.1. The predicted molar refractivity (Wildman–Crippen MR) is 84.6 cm³/mol. The molecule has 0 N–H and O–H groups in total. The monoisotopic (exact) mass is 297 g/mol. The van der Waals surface area contributed by atoms with Crippen LogP contribution in [0.15, 0.2) is 59.4 Å². The summed E-state index contributed by atoms with van der Waals surface area (Å²) in [5, 5.41) is 1.06. The summed E-state index contributed by atoms with van der Waals surface area (Å²) < 4.78 is 1.77. The van der Waals surface area contributed by atoms with Crippen LogP contribution in [0.4, 0.5) is 0 Å². The maximum atomic E-state index is 12.2. The topological polar surface area (TPSA) is 39.1 Å². The van der Waals surface area contributed by atoms with Crippen LogP contribution in [0.5, 0.6) is 0 Å². The molecule has 0 unspecified atom stereocenters. The average Bonchev–Trinajstić information content (AvgIpc) is 2.47. The fourth-order valence-corrected chi connectivity index (χ4v) is 2.58. The molecule has 0 aliphatic heterocycles. The highest BCUT2D eigenvalue weighted by atomic mass is 35.5. The zero-order chi connectivity index (χ0) is 15.0. The number of hydrogen-bond donors (Lipinski definition) is 0. The molecule has 0 fully saturated rings. The summed E-state index contributed by atoms with van der Waals surface area (Å²) in [6.07, 6.45) is 0. The molecular weight excluding hydrogens is 286 g/mol. The lowest BCUT2D eigenvalue weighted by Crippen LogP contribution is -2.15. The van der Waals surface area contributed by atoms with Gasteiger partial charge >= 0.3 is 0 Å². The number of ketones is 1. The van der Waals surface area contributed by atoms with Crippen LogP contribution < -0.4 is 5.43 Å². The number of fused-ring (bicyclic) bond motifs is 1. The molecule has 0 bridgehead atoms. The lowest BCUT2D eigenvalue weighted by Gasteiger charge is -2.15. The number of benzene rings is 2. The fourth-order valence-electron chi connectivity index (χ4n) is 2.41. The van der Waals surface area contributed by atoms with Gasteiger partial charge in [-0.3, -0.25) is 9.59 Å². The number of Topliss-reactive ketones (excluding diaryl/α,β-unsaturated/α-hetero) is 1. The Morgan fingerprint density at radius 1 is 1.05 bits per heavy atom. The van der Waals surface area contributed by atoms with E-state index in [4.69, 9.17) is 11.6 Å². The quantitative estimate of drug-likeness (QED) is 0.674. The average molecular weight is 298 g/mol. The SMILES string of the molecule is CC(=O)c1cc(=O)c2ccc(Cl)cc2n1-c1ccccc1. The van der Waals surface area contributed by atoms with Gasteiger partial charge in [0.25, 0.3) is 0 Å². The Labute approximate surface area is 126 Å². The van der Waals surface area contributed by atoms with Crippen LogP contribution in [-0.2, 0) is 0 Å². The second-order valence-corrected chi connectivity index (χ2v) is 5.22. The lowest BCUT2D eigenvalue weighted by molar-refractivity contribution is 0.101. The van der Waals surface area contributed by atoms with Gasteiger partial charge in [0, 0.05) is 29.1 Å². The van der Waals surface area contributed by atoms with Crippen molar-refractivity contribution in [1.82, 2.24) is 4.57 Å². The highest BCUT2D eigenvalue weighted by Gasteiger charge is 2.14. The molecule has 3 nitrogen and oxygen atoms in total. The number of aromatic nitrogens is 1. The summed E-state index contributed by atoms with van der Waals surface area (Å²) >= 11 is 6.06. The number of hydrogen-bond acceptors (Lipinski definition) is 2. The van der Waals surface area contributed by atoms with Gasteiger partial charge in [-0.2, -0.15) is 0 Å². The van der Waals surface area contributed by atoms with E-state index in [0.29, 0.717) is 21.6 Å². The third kappa shape index (κ3) is 2.36. The van der Waals surface area contributed by atoms with Crippen LogP contribution in [0.2, 0.25) is 5.02 Å². The molecule has 0 aliphatic rings. The van der Waals surface area contributed by atoms with E-state index in [-0.39, 0.29) is 11.2 Å². The van der Waals surface area contributed by atoms with E-state index in [1.54, 1.807) is 22.8 Å². The lowest BCUT2D eigenvalue weighted by atomic mass is 10.1. The van der Waals surface area contributed by atoms with Crippen molar-refractivity contribution in [1.29, 1.82) is 0 Å². The Morgan fingerprint density at radius 3 is 2.43 bits per heavy atom. The second kappa shape index (κ2) is 5.19. The molecule has 0 radical (unpaired) electrons. The van der Waals surface area contributed by atoms with Crippen molar-refractivity contribution in [3.8, 4) is 5.69 Å². The van der Waals surface area contributed by atoms with Crippen molar-refractivity contribution in [3.63, 3.8) is 0 Å². The normalized spacial score (nSPS) is 10.8. The minimum Gasteiger partial charge on any atom is -0.306 e. The molecule has 1 heterocycles. The molecule has 3 rings (SSSR count). The molecular formula is C17H12ClNO2. The smallest absolute Gasteiger partial charge is 0.190 e. The van der Waals surface area contributed by atoms with E-state index < -0.39 is 0 Å². The number of para-hydroxylation sites is 1. The van der Waals surface area contributed by atoms with Crippen LogP contribution in [-0.4, -0.2) is 10.4 Å². The first-order valence-electron chi connectivity index (χ1n) is 6.49. The van der Waals surface area contributed by atoms with Gasteiger partial charge < -0.3 is 4.57 Å². The van der Waals surface area contributed by atoms with Crippen molar-refractivity contribution in [2.45, 2.75) is 6.92 Å². The summed E-state index contributed by atoms with van der Waals surface area (Å²) in [6.45, 7) is 1.45. The van der Waals surface area contributed by atoms with Crippen LogP contribution in [0.3, 0.4) is 0 Å². The van der Waals surface area contributed by atoms with Crippen molar-refractivity contribution >= 4 is 28.3 Å². The first-order chi connectivity index (χ1) is 10.1. The summed E-state index contributed by atoms with van der Waals surface area (Å²) in [4.78, 5) is 24.1. The molecule has 104 valence electrons. The van der Waals surface area contributed by atoms with Gasteiger partial charge in [0.15, 0.2) is 11.2 Å². The molecule has 1 aromatic heterocycles. The molecule has 0 saturated heterocycles. The number of pyridine rings is 1. The molecule has 0 spiro atoms. The molecule has 4 heteroatoms. The van der Waals surface area contributed by atoms with E-state index in [0.717, 1.165) is 5.69 Å². The zero-order valence-electron chi connectivity index (χ0n) is 11.3. The molecule has 21 heavy (non-hydrogen) atoms. The van der Waals surface area contributed by atoms with Crippen molar-refractivity contribution < 1.29 is 4.79 Å². The Bertz CT molecular complexity index is 898. The maximum Gasteiger partial charge on any atom is 0.190 e. The largest absolute Gasteiger partial charge is 0.306 e. The Morgan fingerprint density at radius 2 is 1.76 bits per heavy atom. The molecule has 0 atom stereocenters. The molecule has 2 aromatic carbocycles. The van der Waals surface area contributed by atoms with Gasteiger partial charge in [-0.05, 0) is 30.3 Å². The number of rotatable bonds is 2. The summed E-state index contributed by atoms with van der Waals surface area (Å²) in [6, 6.07) is 15.9. The van der Waals surface area contributed by atoms with Crippen LogP contribution in [0.1, 0.15) is 17.4 Å². The van der Waals surface area contributed by atoms with Crippen molar-refractivity contribution in [2.24, 2.45) is 0 Å². The van der Waals surface area contributed by atoms with E-state index in [2.05, 4.69) is 0 Å². The van der Waals surface area contributed by atoms with Gasteiger partial charge in [0.2, 0.25) is 0 Å². The fraction of sp³-hybridized carbons (Fsp3) is 0.0588. The number of nitrogens with zero attached hydrogens (tertiary/aromatic N) is 1. The Balaban J connectivity index is 2.52. The highest BCUT2D eigenvalue weighted by Crippen LogP contribution is 2.22. The molecule has 0 saturated carbocycles. The standard InChI is InChI=1S/C17H12ClNO2/c1-11(20)15-10-17(21)14-8-7-12(18)9-16(14)19(15)13-5-3-2-4-6-13/h2-10H,1H3. The van der Waals surface area contributed by atoms with Crippen molar-refractivity contribution in [2.75, 3.05) is 0 Å². The molecule has 0 amide bonds. The van der Waals surface area contributed by atoms with E-state index in [1.165, 1.54) is 13.0 Å². The van der Waals surface area contributed by atoms with E-state index in [1.807, 2.05) is 30.3 Å².